The van der Waals surface area contributed by atoms with Crippen LogP contribution in [0.25, 0.3) is 0 Å². The number of nitrogens with zero attached hydrogens (tertiary/aromatic N) is 1. The van der Waals surface area contributed by atoms with Crippen molar-refractivity contribution < 1.29 is 23.4 Å². The molecule has 2 aromatic rings. The van der Waals surface area contributed by atoms with Crippen LogP contribution in [0.2, 0.25) is 0 Å². The van der Waals surface area contributed by atoms with Gasteiger partial charge in [-0.1, -0.05) is 18.2 Å². The van der Waals surface area contributed by atoms with Crippen molar-refractivity contribution in [3.8, 4) is 5.75 Å². The van der Waals surface area contributed by atoms with E-state index in [2.05, 4.69) is 0 Å². The molecular formula is C19H19F2NO3. The summed E-state index contributed by atoms with van der Waals surface area (Å²) in [5, 5.41) is 9.33. The Morgan fingerprint density at radius 2 is 2.04 bits per heavy atom. The van der Waals surface area contributed by atoms with Crippen molar-refractivity contribution in [1.82, 2.24) is 4.90 Å². The first-order valence-corrected chi connectivity index (χ1v) is 8.10. The second-order valence-corrected chi connectivity index (χ2v) is 6.07. The highest BCUT2D eigenvalue weighted by Crippen LogP contribution is 2.23. The maximum Gasteiger partial charge on any atom is 0.254 e. The van der Waals surface area contributed by atoms with Crippen LogP contribution < -0.4 is 4.74 Å². The van der Waals surface area contributed by atoms with E-state index in [1.165, 1.54) is 17.0 Å². The van der Waals surface area contributed by atoms with Crippen LogP contribution in [-0.4, -0.2) is 41.3 Å². The minimum atomic E-state index is -1.11. The summed E-state index contributed by atoms with van der Waals surface area (Å²) in [5.41, 5.74) is 1.15. The number of alkyl halides is 1. The Morgan fingerprint density at radius 3 is 2.80 bits per heavy atom. The molecule has 2 aromatic carbocycles. The van der Waals surface area contributed by atoms with Crippen molar-refractivity contribution in [2.24, 2.45) is 0 Å². The Kier molecular flexibility index (Phi) is 5.28. The number of carbonyl (C=O) groups excluding carboxylic acids is 1. The highest BCUT2D eigenvalue weighted by molar-refractivity contribution is 5.94. The van der Waals surface area contributed by atoms with Gasteiger partial charge in [-0.15, -0.1) is 0 Å². The van der Waals surface area contributed by atoms with Crippen LogP contribution in [0.15, 0.2) is 48.5 Å². The minimum Gasteiger partial charge on any atom is -0.489 e. The quantitative estimate of drug-likeness (QED) is 0.905. The summed E-state index contributed by atoms with van der Waals surface area (Å²) in [6, 6.07) is 12.2. The Hall–Kier alpha value is -2.47. The van der Waals surface area contributed by atoms with Gasteiger partial charge in [0.05, 0.1) is 19.2 Å². The summed E-state index contributed by atoms with van der Waals surface area (Å²) in [4.78, 5) is 14.0. The number of aliphatic hydroxyl groups excluding tert-OH is 1. The molecule has 132 valence electrons. The van der Waals surface area contributed by atoms with Gasteiger partial charge in [-0.2, -0.15) is 0 Å². The fourth-order valence-electron chi connectivity index (χ4n) is 2.96. The molecule has 1 aliphatic heterocycles. The van der Waals surface area contributed by atoms with Crippen LogP contribution in [-0.2, 0) is 6.61 Å². The molecule has 0 saturated carbocycles. The average molecular weight is 347 g/mol. The van der Waals surface area contributed by atoms with E-state index in [1.807, 2.05) is 0 Å². The summed E-state index contributed by atoms with van der Waals surface area (Å²) in [5.74, 6) is -0.296. The predicted octanol–water partition coefficient (Wildman–Crippen LogP) is 2.95. The van der Waals surface area contributed by atoms with Gasteiger partial charge in [0.2, 0.25) is 0 Å². The van der Waals surface area contributed by atoms with Gasteiger partial charge in [0.25, 0.3) is 5.91 Å². The second-order valence-electron chi connectivity index (χ2n) is 6.07. The third-order valence-electron chi connectivity index (χ3n) is 4.21. The number of benzene rings is 2. The van der Waals surface area contributed by atoms with Crippen molar-refractivity contribution in [3.05, 3.63) is 65.5 Å². The van der Waals surface area contributed by atoms with Gasteiger partial charge >= 0.3 is 0 Å². The summed E-state index contributed by atoms with van der Waals surface area (Å²) >= 11 is 0. The van der Waals surface area contributed by atoms with Gasteiger partial charge in [-0.05, 0) is 29.8 Å². The largest absolute Gasteiger partial charge is 0.489 e. The minimum absolute atomic E-state index is 0.00587. The molecule has 0 aliphatic carbocycles. The van der Waals surface area contributed by atoms with Crippen LogP contribution in [0.1, 0.15) is 22.3 Å². The maximum atomic E-state index is 13.6. The monoisotopic (exact) mass is 347 g/mol. The van der Waals surface area contributed by atoms with E-state index in [9.17, 15) is 18.7 Å². The number of ether oxygens (including phenoxy) is 1. The van der Waals surface area contributed by atoms with Crippen LogP contribution in [0.4, 0.5) is 8.78 Å². The normalized spacial score (nSPS) is 19.9. The molecule has 1 N–H and O–H groups in total. The highest BCUT2D eigenvalue weighted by Gasteiger charge is 2.35. The number of carbonyl (C=O) groups is 1. The van der Waals surface area contributed by atoms with Gasteiger partial charge in [0, 0.05) is 18.1 Å². The summed E-state index contributed by atoms with van der Waals surface area (Å²) in [7, 11) is 0. The molecule has 1 saturated heterocycles. The SMILES string of the molecule is O=C(c1cccc(COc2cccc(F)c2)c1)N1C[C@@H](F)C[C@H]1CO. The second kappa shape index (κ2) is 7.61. The highest BCUT2D eigenvalue weighted by atomic mass is 19.1. The number of hydrogen-bond donors (Lipinski definition) is 1. The number of halogens is 2. The van der Waals surface area contributed by atoms with E-state index in [-0.39, 0.29) is 37.9 Å². The molecule has 0 bridgehead atoms. The molecule has 2 atom stereocenters. The van der Waals surface area contributed by atoms with E-state index in [0.29, 0.717) is 11.3 Å². The smallest absolute Gasteiger partial charge is 0.254 e. The zero-order valence-corrected chi connectivity index (χ0v) is 13.6. The fourth-order valence-corrected chi connectivity index (χ4v) is 2.96. The van der Waals surface area contributed by atoms with Crippen molar-refractivity contribution in [1.29, 1.82) is 0 Å². The molecule has 6 heteroatoms. The zero-order chi connectivity index (χ0) is 17.8. The lowest BCUT2D eigenvalue weighted by Crippen LogP contribution is -2.37. The number of amides is 1. The molecule has 1 heterocycles. The van der Waals surface area contributed by atoms with Crippen LogP contribution in [0.3, 0.4) is 0 Å². The van der Waals surface area contributed by atoms with Gasteiger partial charge in [-0.3, -0.25) is 4.79 Å². The molecule has 0 spiro atoms. The number of likely N-dealkylation sites (tertiary alicyclic amines) is 1. The van der Waals surface area contributed by atoms with Crippen molar-refractivity contribution in [2.45, 2.75) is 25.2 Å². The number of rotatable bonds is 5. The molecule has 1 fully saturated rings. The van der Waals surface area contributed by atoms with E-state index in [0.717, 1.165) is 5.56 Å². The van der Waals surface area contributed by atoms with E-state index < -0.39 is 12.2 Å². The van der Waals surface area contributed by atoms with Gasteiger partial charge in [0.15, 0.2) is 0 Å². The van der Waals surface area contributed by atoms with Gasteiger partial charge in [0.1, 0.15) is 24.3 Å². The molecule has 3 rings (SSSR count). The van der Waals surface area contributed by atoms with Crippen LogP contribution >= 0.6 is 0 Å². The summed E-state index contributed by atoms with van der Waals surface area (Å²) in [6.07, 6.45) is -0.953. The summed E-state index contributed by atoms with van der Waals surface area (Å²) in [6.45, 7) is -0.0810. The lowest BCUT2D eigenvalue weighted by Gasteiger charge is -2.22. The van der Waals surface area contributed by atoms with Crippen molar-refractivity contribution in [2.75, 3.05) is 13.2 Å². The average Bonchev–Trinajstić information content (AvgIpc) is 3.00. The lowest BCUT2D eigenvalue weighted by atomic mass is 10.1. The Morgan fingerprint density at radius 1 is 1.24 bits per heavy atom. The Labute approximate surface area is 144 Å². The van der Waals surface area contributed by atoms with E-state index >= 15 is 0 Å². The standard InChI is InChI=1S/C19H19F2NO3/c20-15-5-2-6-18(9-15)25-12-13-3-1-4-14(7-13)19(24)22-10-16(21)8-17(22)11-23/h1-7,9,16-17,23H,8,10-12H2/t16-,17-/m0/s1. The molecule has 1 amide bonds. The molecule has 25 heavy (non-hydrogen) atoms. The first-order valence-electron chi connectivity index (χ1n) is 8.10. The number of hydrogen-bond acceptors (Lipinski definition) is 3. The van der Waals surface area contributed by atoms with Gasteiger partial charge in [-0.25, -0.2) is 8.78 Å². The van der Waals surface area contributed by atoms with Crippen molar-refractivity contribution in [3.63, 3.8) is 0 Å². The van der Waals surface area contributed by atoms with E-state index in [4.69, 9.17) is 4.74 Å². The van der Waals surface area contributed by atoms with Crippen LogP contribution in [0, 0.1) is 5.82 Å². The molecular weight excluding hydrogens is 328 g/mol. The zero-order valence-electron chi connectivity index (χ0n) is 13.6. The fraction of sp³-hybridized carbons (Fsp3) is 0.316. The van der Waals surface area contributed by atoms with Gasteiger partial charge < -0.3 is 14.7 Å². The molecule has 4 nitrogen and oxygen atoms in total. The third kappa shape index (κ3) is 4.14. The molecule has 0 unspecified atom stereocenters. The molecule has 1 aliphatic rings. The van der Waals surface area contributed by atoms with E-state index in [1.54, 1.807) is 36.4 Å². The third-order valence-corrected chi connectivity index (χ3v) is 4.21. The maximum absolute atomic E-state index is 13.6. The first-order chi connectivity index (χ1) is 12.1. The summed E-state index contributed by atoms with van der Waals surface area (Å²) < 4.78 is 32.2. The topological polar surface area (TPSA) is 49.8 Å². The first kappa shape index (κ1) is 17.4. The number of aliphatic hydroxyl groups is 1. The Bertz CT molecular complexity index is 753. The lowest BCUT2D eigenvalue weighted by molar-refractivity contribution is 0.0672. The van der Waals surface area contributed by atoms with Crippen LogP contribution in [0.5, 0.6) is 5.75 Å². The molecule has 0 radical (unpaired) electrons. The Balaban J connectivity index is 1.69. The molecule has 0 aromatic heterocycles. The van der Waals surface area contributed by atoms with Crippen molar-refractivity contribution >= 4 is 5.91 Å². The predicted molar refractivity (Wildman–Crippen MR) is 88.6 cm³/mol.